The van der Waals surface area contributed by atoms with Gasteiger partial charge in [0.1, 0.15) is 4.60 Å². The smallest absolute Gasteiger partial charge is 0.167 e. The molecule has 0 N–H and O–H groups in total. The fraction of sp³-hybridized carbons (Fsp3) is 0.500. The molecule has 1 aliphatic carbocycles. The SMILES string of the molecule is Cn1nc2c(c1Br)C(=O)CCC2. The maximum Gasteiger partial charge on any atom is 0.167 e. The van der Waals surface area contributed by atoms with E-state index in [-0.39, 0.29) is 5.78 Å². The summed E-state index contributed by atoms with van der Waals surface area (Å²) in [7, 11) is 1.84. The molecule has 1 aromatic rings. The van der Waals surface area contributed by atoms with E-state index in [1.165, 1.54) is 0 Å². The number of carbonyl (C=O) groups is 1. The summed E-state index contributed by atoms with van der Waals surface area (Å²) >= 11 is 3.36. The van der Waals surface area contributed by atoms with Crippen LogP contribution in [-0.2, 0) is 13.5 Å². The first-order valence-electron chi connectivity index (χ1n) is 3.94. The Balaban J connectivity index is 2.61. The molecule has 0 bridgehead atoms. The van der Waals surface area contributed by atoms with Crippen LogP contribution < -0.4 is 0 Å². The minimum absolute atomic E-state index is 0.219. The van der Waals surface area contributed by atoms with Crippen LogP contribution in [0.25, 0.3) is 0 Å². The van der Waals surface area contributed by atoms with E-state index in [0.717, 1.165) is 28.7 Å². The molecule has 2 rings (SSSR count). The van der Waals surface area contributed by atoms with Crippen molar-refractivity contribution in [1.82, 2.24) is 9.78 Å². The summed E-state index contributed by atoms with van der Waals surface area (Å²) in [5.74, 6) is 0.219. The van der Waals surface area contributed by atoms with Gasteiger partial charge in [-0.25, -0.2) is 0 Å². The largest absolute Gasteiger partial charge is 0.294 e. The molecule has 0 amide bonds. The highest BCUT2D eigenvalue weighted by Crippen LogP contribution is 2.26. The lowest BCUT2D eigenvalue weighted by atomic mass is 9.97. The minimum Gasteiger partial charge on any atom is -0.294 e. The molecule has 0 atom stereocenters. The van der Waals surface area contributed by atoms with Gasteiger partial charge in [-0.1, -0.05) is 0 Å². The Morgan fingerprint density at radius 2 is 2.25 bits per heavy atom. The van der Waals surface area contributed by atoms with Gasteiger partial charge < -0.3 is 0 Å². The number of rotatable bonds is 0. The van der Waals surface area contributed by atoms with Crippen molar-refractivity contribution in [2.75, 3.05) is 0 Å². The first kappa shape index (κ1) is 7.98. The Morgan fingerprint density at radius 1 is 1.50 bits per heavy atom. The van der Waals surface area contributed by atoms with Gasteiger partial charge in [0, 0.05) is 13.5 Å². The highest BCUT2D eigenvalue weighted by atomic mass is 79.9. The Morgan fingerprint density at radius 3 is 2.92 bits per heavy atom. The highest BCUT2D eigenvalue weighted by Gasteiger charge is 2.24. The van der Waals surface area contributed by atoms with E-state index in [4.69, 9.17) is 0 Å². The van der Waals surface area contributed by atoms with Gasteiger partial charge in [0.25, 0.3) is 0 Å². The summed E-state index contributed by atoms with van der Waals surface area (Å²) in [6.07, 6.45) is 2.53. The van der Waals surface area contributed by atoms with Crippen LogP contribution in [0.15, 0.2) is 4.60 Å². The molecule has 12 heavy (non-hydrogen) atoms. The summed E-state index contributed by atoms with van der Waals surface area (Å²) in [5.41, 5.74) is 1.74. The molecule has 0 spiro atoms. The number of hydrogen-bond acceptors (Lipinski definition) is 2. The molecular weight excluding hydrogens is 220 g/mol. The summed E-state index contributed by atoms with van der Waals surface area (Å²) in [4.78, 5) is 11.4. The van der Waals surface area contributed by atoms with Crippen molar-refractivity contribution >= 4 is 21.7 Å². The van der Waals surface area contributed by atoms with Gasteiger partial charge in [0.2, 0.25) is 0 Å². The molecule has 1 aliphatic rings. The van der Waals surface area contributed by atoms with Crippen LogP contribution in [0.4, 0.5) is 0 Å². The molecule has 4 heteroatoms. The normalized spacial score (nSPS) is 16.3. The monoisotopic (exact) mass is 228 g/mol. The zero-order valence-corrected chi connectivity index (χ0v) is 8.39. The number of hydrogen-bond donors (Lipinski definition) is 0. The van der Waals surface area contributed by atoms with E-state index in [9.17, 15) is 4.79 Å². The maximum absolute atomic E-state index is 11.4. The molecule has 0 aliphatic heterocycles. The van der Waals surface area contributed by atoms with E-state index in [2.05, 4.69) is 21.0 Å². The zero-order chi connectivity index (χ0) is 8.72. The number of ketones is 1. The molecule has 0 unspecified atom stereocenters. The Labute approximate surface area is 78.9 Å². The Bertz CT molecular complexity index is 343. The second kappa shape index (κ2) is 2.69. The predicted octanol–water partition coefficient (Wildman–Crippen LogP) is 1.70. The summed E-state index contributed by atoms with van der Waals surface area (Å²) in [6.45, 7) is 0. The number of aromatic nitrogens is 2. The molecule has 1 heterocycles. The average Bonchev–Trinajstić information content (AvgIpc) is 2.29. The molecule has 64 valence electrons. The first-order chi connectivity index (χ1) is 5.70. The second-order valence-corrected chi connectivity index (χ2v) is 3.76. The van der Waals surface area contributed by atoms with Crippen molar-refractivity contribution in [3.05, 3.63) is 15.9 Å². The lowest BCUT2D eigenvalue weighted by Crippen LogP contribution is -2.09. The number of fused-ring (bicyclic) bond motifs is 1. The quantitative estimate of drug-likeness (QED) is 0.678. The van der Waals surface area contributed by atoms with E-state index < -0.39 is 0 Å². The molecule has 0 saturated carbocycles. The fourth-order valence-electron chi connectivity index (χ4n) is 1.55. The number of Topliss-reactive ketones (excluding diaryl/α,β-unsaturated/α-hetero) is 1. The summed E-state index contributed by atoms with van der Waals surface area (Å²) in [5, 5.41) is 4.25. The number of nitrogens with zero attached hydrogens (tertiary/aromatic N) is 2. The van der Waals surface area contributed by atoms with Crippen molar-refractivity contribution < 1.29 is 4.79 Å². The van der Waals surface area contributed by atoms with Crippen molar-refractivity contribution in [2.45, 2.75) is 19.3 Å². The summed E-state index contributed by atoms with van der Waals surface area (Å²) in [6, 6.07) is 0. The van der Waals surface area contributed by atoms with Gasteiger partial charge in [-0.3, -0.25) is 9.48 Å². The maximum atomic E-state index is 11.4. The number of carbonyl (C=O) groups excluding carboxylic acids is 1. The second-order valence-electron chi connectivity index (χ2n) is 3.01. The van der Waals surface area contributed by atoms with Crippen LogP contribution in [0.5, 0.6) is 0 Å². The van der Waals surface area contributed by atoms with Crippen molar-refractivity contribution in [3.63, 3.8) is 0 Å². The molecule has 0 saturated heterocycles. The molecule has 1 aromatic heterocycles. The van der Waals surface area contributed by atoms with E-state index in [1.807, 2.05) is 7.05 Å². The van der Waals surface area contributed by atoms with E-state index in [0.29, 0.717) is 6.42 Å². The van der Waals surface area contributed by atoms with Crippen LogP contribution >= 0.6 is 15.9 Å². The minimum atomic E-state index is 0.219. The van der Waals surface area contributed by atoms with Gasteiger partial charge in [-0.05, 0) is 28.8 Å². The lowest BCUT2D eigenvalue weighted by molar-refractivity contribution is 0.0971. The van der Waals surface area contributed by atoms with Crippen LogP contribution in [0.3, 0.4) is 0 Å². The van der Waals surface area contributed by atoms with Gasteiger partial charge >= 0.3 is 0 Å². The topological polar surface area (TPSA) is 34.9 Å². The predicted molar refractivity (Wildman–Crippen MR) is 48.2 cm³/mol. The molecule has 0 aromatic carbocycles. The molecule has 0 fully saturated rings. The Hall–Kier alpha value is -0.640. The summed E-state index contributed by atoms with van der Waals surface area (Å²) < 4.78 is 2.54. The van der Waals surface area contributed by atoms with Crippen LogP contribution in [0, 0.1) is 0 Å². The van der Waals surface area contributed by atoms with Crippen molar-refractivity contribution in [1.29, 1.82) is 0 Å². The third-order valence-electron chi connectivity index (χ3n) is 2.15. The molecule has 0 radical (unpaired) electrons. The third-order valence-corrected chi connectivity index (χ3v) is 3.06. The van der Waals surface area contributed by atoms with Gasteiger partial charge in [0.05, 0.1) is 11.3 Å². The zero-order valence-electron chi connectivity index (χ0n) is 6.80. The molecule has 3 nitrogen and oxygen atoms in total. The van der Waals surface area contributed by atoms with Crippen LogP contribution in [-0.4, -0.2) is 15.6 Å². The first-order valence-corrected chi connectivity index (χ1v) is 4.74. The van der Waals surface area contributed by atoms with Gasteiger partial charge in [0.15, 0.2) is 5.78 Å². The lowest BCUT2D eigenvalue weighted by Gasteiger charge is -2.07. The standard InChI is InChI=1S/C8H9BrN2O/c1-11-8(9)7-5(10-11)3-2-4-6(7)12/h2-4H2,1H3. The van der Waals surface area contributed by atoms with Crippen molar-refractivity contribution in [3.8, 4) is 0 Å². The van der Waals surface area contributed by atoms with Gasteiger partial charge in [-0.15, -0.1) is 0 Å². The average molecular weight is 229 g/mol. The van der Waals surface area contributed by atoms with E-state index >= 15 is 0 Å². The van der Waals surface area contributed by atoms with Gasteiger partial charge in [-0.2, -0.15) is 5.10 Å². The Kier molecular flexibility index (Phi) is 1.79. The van der Waals surface area contributed by atoms with Crippen molar-refractivity contribution in [2.24, 2.45) is 7.05 Å². The number of halogens is 1. The van der Waals surface area contributed by atoms with E-state index in [1.54, 1.807) is 4.68 Å². The van der Waals surface area contributed by atoms with Crippen LogP contribution in [0.2, 0.25) is 0 Å². The molecular formula is C8H9BrN2O. The number of aryl methyl sites for hydroxylation is 2. The van der Waals surface area contributed by atoms with Crippen LogP contribution in [0.1, 0.15) is 28.9 Å². The third kappa shape index (κ3) is 1.02. The fourth-order valence-corrected chi connectivity index (χ4v) is 2.08. The highest BCUT2D eigenvalue weighted by molar-refractivity contribution is 9.10.